The molecule has 0 atom stereocenters. The van der Waals surface area contributed by atoms with Gasteiger partial charge < -0.3 is 15.2 Å². The van der Waals surface area contributed by atoms with Gasteiger partial charge in [-0.15, -0.1) is 0 Å². The van der Waals surface area contributed by atoms with Gasteiger partial charge in [0.25, 0.3) is 0 Å². The SMILES string of the molecule is NCc1ccccc1OCCCOc1ccc(Br)cc1Br. The summed E-state index contributed by atoms with van der Waals surface area (Å²) in [4.78, 5) is 0. The summed E-state index contributed by atoms with van der Waals surface area (Å²) in [6, 6.07) is 13.7. The van der Waals surface area contributed by atoms with Crippen LogP contribution in [0.4, 0.5) is 0 Å². The van der Waals surface area contributed by atoms with E-state index in [1.54, 1.807) is 0 Å². The van der Waals surface area contributed by atoms with Crippen LogP contribution in [0, 0.1) is 0 Å². The fraction of sp³-hybridized carbons (Fsp3) is 0.250. The summed E-state index contributed by atoms with van der Waals surface area (Å²) in [7, 11) is 0. The molecule has 5 heteroatoms. The minimum atomic E-state index is 0.485. The number of hydrogen-bond donors (Lipinski definition) is 1. The molecule has 2 aromatic rings. The van der Waals surface area contributed by atoms with E-state index in [2.05, 4.69) is 31.9 Å². The molecular weight excluding hydrogens is 398 g/mol. The van der Waals surface area contributed by atoms with E-state index in [9.17, 15) is 0 Å². The first-order valence-electron chi connectivity index (χ1n) is 6.69. The first-order chi connectivity index (χ1) is 10.2. The molecule has 0 aliphatic rings. The minimum Gasteiger partial charge on any atom is -0.493 e. The molecular formula is C16H17Br2NO2. The van der Waals surface area contributed by atoms with Gasteiger partial charge >= 0.3 is 0 Å². The Bertz CT molecular complexity index is 590. The fourth-order valence-corrected chi connectivity index (χ4v) is 2.99. The van der Waals surface area contributed by atoms with Gasteiger partial charge in [0.2, 0.25) is 0 Å². The molecule has 0 spiro atoms. The Hall–Kier alpha value is -1.04. The van der Waals surface area contributed by atoms with Gasteiger partial charge in [0.1, 0.15) is 11.5 Å². The molecule has 0 saturated carbocycles. The van der Waals surface area contributed by atoms with Gasteiger partial charge in [0.15, 0.2) is 0 Å². The molecule has 0 bridgehead atoms. The van der Waals surface area contributed by atoms with E-state index in [1.807, 2.05) is 42.5 Å². The van der Waals surface area contributed by atoms with Crippen molar-refractivity contribution in [2.75, 3.05) is 13.2 Å². The highest BCUT2D eigenvalue weighted by atomic mass is 79.9. The average Bonchev–Trinajstić information content (AvgIpc) is 2.49. The summed E-state index contributed by atoms with van der Waals surface area (Å²) in [6.07, 6.45) is 0.807. The Morgan fingerprint density at radius 2 is 1.62 bits per heavy atom. The molecule has 0 heterocycles. The normalized spacial score (nSPS) is 10.4. The van der Waals surface area contributed by atoms with Crippen molar-refractivity contribution >= 4 is 31.9 Å². The Labute approximate surface area is 141 Å². The van der Waals surface area contributed by atoms with E-state index in [1.165, 1.54) is 0 Å². The van der Waals surface area contributed by atoms with E-state index >= 15 is 0 Å². The van der Waals surface area contributed by atoms with E-state index in [4.69, 9.17) is 15.2 Å². The zero-order chi connectivity index (χ0) is 15.1. The highest BCUT2D eigenvalue weighted by molar-refractivity contribution is 9.11. The van der Waals surface area contributed by atoms with Crippen molar-refractivity contribution in [3.8, 4) is 11.5 Å². The largest absolute Gasteiger partial charge is 0.493 e. The van der Waals surface area contributed by atoms with Crippen LogP contribution in [0.25, 0.3) is 0 Å². The second-order valence-electron chi connectivity index (χ2n) is 4.44. The third-order valence-electron chi connectivity index (χ3n) is 2.89. The van der Waals surface area contributed by atoms with Crippen molar-refractivity contribution < 1.29 is 9.47 Å². The van der Waals surface area contributed by atoms with Gasteiger partial charge in [-0.3, -0.25) is 0 Å². The smallest absolute Gasteiger partial charge is 0.133 e. The van der Waals surface area contributed by atoms with Crippen LogP contribution in [-0.4, -0.2) is 13.2 Å². The lowest BCUT2D eigenvalue weighted by molar-refractivity contribution is 0.245. The number of benzene rings is 2. The Morgan fingerprint density at radius 3 is 2.33 bits per heavy atom. The van der Waals surface area contributed by atoms with Crippen LogP contribution >= 0.6 is 31.9 Å². The maximum absolute atomic E-state index is 5.74. The maximum Gasteiger partial charge on any atom is 0.133 e. The zero-order valence-electron chi connectivity index (χ0n) is 11.5. The van der Waals surface area contributed by atoms with Crippen molar-refractivity contribution in [2.45, 2.75) is 13.0 Å². The van der Waals surface area contributed by atoms with Gasteiger partial charge in [-0.2, -0.15) is 0 Å². The van der Waals surface area contributed by atoms with Gasteiger partial charge in [-0.05, 0) is 40.2 Å². The summed E-state index contributed by atoms with van der Waals surface area (Å²) >= 11 is 6.88. The molecule has 2 N–H and O–H groups in total. The lowest BCUT2D eigenvalue weighted by Gasteiger charge is -2.11. The maximum atomic E-state index is 5.74. The number of rotatable bonds is 7. The van der Waals surface area contributed by atoms with Crippen molar-refractivity contribution in [3.63, 3.8) is 0 Å². The lowest BCUT2D eigenvalue weighted by Crippen LogP contribution is -2.07. The summed E-state index contributed by atoms with van der Waals surface area (Å²) in [5.41, 5.74) is 6.69. The van der Waals surface area contributed by atoms with Crippen LogP contribution in [0.3, 0.4) is 0 Å². The third kappa shape index (κ3) is 5.02. The molecule has 2 aromatic carbocycles. The van der Waals surface area contributed by atoms with Crippen molar-refractivity contribution in [3.05, 3.63) is 57.0 Å². The highest BCUT2D eigenvalue weighted by Crippen LogP contribution is 2.28. The number of para-hydroxylation sites is 1. The first kappa shape index (κ1) is 16.3. The van der Waals surface area contributed by atoms with Crippen LogP contribution < -0.4 is 15.2 Å². The molecule has 0 saturated heterocycles. The summed E-state index contributed by atoms with van der Waals surface area (Å²) < 4.78 is 13.4. The van der Waals surface area contributed by atoms with E-state index in [0.717, 1.165) is 32.4 Å². The molecule has 0 amide bonds. The van der Waals surface area contributed by atoms with Crippen LogP contribution in [0.1, 0.15) is 12.0 Å². The summed E-state index contributed by atoms with van der Waals surface area (Å²) in [5, 5.41) is 0. The number of ether oxygens (including phenoxy) is 2. The molecule has 0 aliphatic carbocycles. The lowest BCUT2D eigenvalue weighted by atomic mass is 10.2. The molecule has 3 nitrogen and oxygen atoms in total. The van der Waals surface area contributed by atoms with E-state index in [0.29, 0.717) is 19.8 Å². The quantitative estimate of drug-likeness (QED) is 0.677. The molecule has 2 rings (SSSR count). The van der Waals surface area contributed by atoms with Crippen molar-refractivity contribution in [2.24, 2.45) is 5.73 Å². The molecule has 21 heavy (non-hydrogen) atoms. The summed E-state index contributed by atoms with van der Waals surface area (Å²) in [5.74, 6) is 1.69. The predicted octanol–water partition coefficient (Wildman–Crippen LogP) is 4.52. The highest BCUT2D eigenvalue weighted by Gasteiger charge is 2.03. The molecule has 0 radical (unpaired) electrons. The first-order valence-corrected chi connectivity index (χ1v) is 8.28. The fourth-order valence-electron chi connectivity index (χ4n) is 1.83. The third-order valence-corrected chi connectivity index (χ3v) is 4.00. The van der Waals surface area contributed by atoms with Crippen molar-refractivity contribution in [1.82, 2.24) is 0 Å². The average molecular weight is 415 g/mol. The Kier molecular flexibility index (Phi) is 6.54. The van der Waals surface area contributed by atoms with Crippen LogP contribution in [0.2, 0.25) is 0 Å². The zero-order valence-corrected chi connectivity index (χ0v) is 14.7. The second kappa shape index (κ2) is 8.41. The molecule has 0 aromatic heterocycles. The molecule has 0 unspecified atom stereocenters. The minimum absolute atomic E-state index is 0.485. The van der Waals surface area contributed by atoms with E-state index in [-0.39, 0.29) is 0 Å². The molecule has 0 fully saturated rings. The standard InChI is InChI=1S/C16H17Br2NO2/c17-13-6-7-16(14(18)10-13)21-9-3-8-20-15-5-2-1-4-12(15)11-19/h1-2,4-7,10H,3,8-9,11,19H2. The second-order valence-corrected chi connectivity index (χ2v) is 6.21. The van der Waals surface area contributed by atoms with E-state index < -0.39 is 0 Å². The van der Waals surface area contributed by atoms with Crippen LogP contribution in [-0.2, 0) is 6.54 Å². The van der Waals surface area contributed by atoms with Gasteiger partial charge in [-0.1, -0.05) is 34.1 Å². The number of halogens is 2. The predicted molar refractivity (Wildman–Crippen MR) is 91.8 cm³/mol. The summed E-state index contributed by atoms with van der Waals surface area (Å²) in [6.45, 7) is 1.69. The van der Waals surface area contributed by atoms with Crippen LogP contribution in [0.15, 0.2) is 51.4 Å². The van der Waals surface area contributed by atoms with Crippen molar-refractivity contribution in [1.29, 1.82) is 0 Å². The van der Waals surface area contributed by atoms with Gasteiger partial charge in [0, 0.05) is 23.0 Å². The Morgan fingerprint density at radius 1 is 0.905 bits per heavy atom. The number of hydrogen-bond acceptors (Lipinski definition) is 3. The molecule has 112 valence electrons. The molecule has 0 aliphatic heterocycles. The topological polar surface area (TPSA) is 44.5 Å². The van der Waals surface area contributed by atoms with Gasteiger partial charge in [-0.25, -0.2) is 0 Å². The van der Waals surface area contributed by atoms with Gasteiger partial charge in [0.05, 0.1) is 17.7 Å². The monoisotopic (exact) mass is 413 g/mol. The Balaban J connectivity index is 1.75. The number of nitrogens with two attached hydrogens (primary N) is 1. The van der Waals surface area contributed by atoms with Crippen LogP contribution in [0.5, 0.6) is 11.5 Å².